The second-order valence-electron chi connectivity index (χ2n) is 9.54. The first-order chi connectivity index (χ1) is 17.0. The molecule has 9 heteroatoms. The molecule has 0 radical (unpaired) electrons. The fourth-order valence-electron chi connectivity index (χ4n) is 5.28. The van der Waals surface area contributed by atoms with Crippen molar-refractivity contribution in [3.63, 3.8) is 0 Å². The number of ether oxygens (including phenoxy) is 3. The lowest BCUT2D eigenvalue weighted by Gasteiger charge is -2.46. The topological polar surface area (TPSA) is 139 Å². The van der Waals surface area contributed by atoms with Crippen molar-refractivity contribution in [2.24, 2.45) is 0 Å². The quantitative estimate of drug-likeness (QED) is 0.249. The minimum Gasteiger partial charge on any atom is -0.507 e. The van der Waals surface area contributed by atoms with E-state index < -0.39 is 35.6 Å². The molecule has 2 heterocycles. The molecule has 5 atom stereocenters. The highest BCUT2D eigenvalue weighted by Gasteiger charge is 2.51. The Hall–Kier alpha value is -3.37. The van der Waals surface area contributed by atoms with Gasteiger partial charge in [-0.1, -0.05) is 6.07 Å². The van der Waals surface area contributed by atoms with Crippen molar-refractivity contribution in [2.45, 2.75) is 50.8 Å². The Bertz CT molecular complexity index is 1570. The van der Waals surface area contributed by atoms with Gasteiger partial charge in [-0.15, -0.1) is 0 Å². The summed E-state index contributed by atoms with van der Waals surface area (Å²) >= 11 is 0. The van der Waals surface area contributed by atoms with Gasteiger partial charge < -0.3 is 39.1 Å². The molecular weight excluding hydrogens is 468 g/mol. The molecule has 0 amide bonds. The molecule has 3 aromatic carbocycles. The number of aliphatic hydroxyl groups is 3. The Kier molecular flexibility index (Phi) is 5.64. The lowest BCUT2D eigenvalue weighted by Crippen LogP contribution is -2.61. The summed E-state index contributed by atoms with van der Waals surface area (Å²) in [6.45, 7) is 4.75. The minimum absolute atomic E-state index is 0.130. The zero-order chi connectivity index (χ0) is 26.1. The lowest BCUT2D eigenvalue weighted by atomic mass is 9.80. The Labute approximate surface area is 206 Å². The molecule has 5 rings (SSSR count). The third-order valence-corrected chi connectivity index (χ3v) is 7.18. The number of fused-ring (bicyclic) bond motifs is 5. The van der Waals surface area contributed by atoms with Gasteiger partial charge in [-0.2, -0.15) is 0 Å². The van der Waals surface area contributed by atoms with Crippen LogP contribution in [0.1, 0.15) is 31.1 Å². The van der Waals surface area contributed by atoms with E-state index in [-0.39, 0.29) is 22.1 Å². The zero-order valence-electron chi connectivity index (χ0n) is 20.5. The standard InChI is InChI=1S/C27H28O9/c1-11-8-15-19(17(9-11)33-4)14-10-18(34-5)21-16(28)7-6-13(20(21)22(14)36-26(15)31)23-25(30)27(3,32)24(29)12(2)35-23/h6-10,12,23-25,28-30,32H,1-5H3/t12?,23-,24-,25?,27-/m0/s1. The highest BCUT2D eigenvalue weighted by Crippen LogP contribution is 2.48. The molecule has 0 saturated carbocycles. The Morgan fingerprint density at radius 3 is 2.28 bits per heavy atom. The average molecular weight is 497 g/mol. The number of aromatic hydroxyl groups is 1. The van der Waals surface area contributed by atoms with Gasteiger partial charge in [0.25, 0.3) is 0 Å². The van der Waals surface area contributed by atoms with Crippen LogP contribution in [0, 0.1) is 6.92 Å². The van der Waals surface area contributed by atoms with Crippen LogP contribution in [0.4, 0.5) is 0 Å². The molecular formula is C27H28O9. The van der Waals surface area contributed by atoms with Gasteiger partial charge in [0.1, 0.15) is 46.7 Å². The van der Waals surface area contributed by atoms with E-state index >= 15 is 0 Å². The van der Waals surface area contributed by atoms with E-state index in [0.29, 0.717) is 33.2 Å². The number of aliphatic hydroxyl groups excluding tert-OH is 2. The Morgan fingerprint density at radius 2 is 1.61 bits per heavy atom. The van der Waals surface area contributed by atoms with Gasteiger partial charge in [0.05, 0.1) is 31.1 Å². The zero-order valence-corrected chi connectivity index (χ0v) is 20.5. The van der Waals surface area contributed by atoms with Crippen molar-refractivity contribution in [1.82, 2.24) is 0 Å². The molecule has 1 aliphatic heterocycles. The predicted molar refractivity (Wildman–Crippen MR) is 133 cm³/mol. The van der Waals surface area contributed by atoms with E-state index in [2.05, 4.69) is 0 Å². The molecule has 190 valence electrons. The van der Waals surface area contributed by atoms with E-state index in [1.807, 2.05) is 6.92 Å². The maximum Gasteiger partial charge on any atom is 0.344 e. The first-order valence-electron chi connectivity index (χ1n) is 11.5. The van der Waals surface area contributed by atoms with Crippen molar-refractivity contribution in [2.75, 3.05) is 14.2 Å². The van der Waals surface area contributed by atoms with Gasteiger partial charge >= 0.3 is 5.63 Å². The highest BCUT2D eigenvalue weighted by atomic mass is 16.5. The van der Waals surface area contributed by atoms with E-state index in [1.165, 1.54) is 33.3 Å². The summed E-state index contributed by atoms with van der Waals surface area (Å²) in [6.07, 6.45) is -4.84. The van der Waals surface area contributed by atoms with Gasteiger partial charge in [-0.25, -0.2) is 4.79 Å². The largest absolute Gasteiger partial charge is 0.507 e. The van der Waals surface area contributed by atoms with Crippen LogP contribution in [0.5, 0.6) is 17.2 Å². The number of phenolic OH excluding ortho intramolecular Hbond substituents is 1. The van der Waals surface area contributed by atoms with Crippen LogP contribution < -0.4 is 15.1 Å². The van der Waals surface area contributed by atoms with E-state index in [1.54, 1.807) is 25.1 Å². The van der Waals surface area contributed by atoms with Crippen molar-refractivity contribution >= 4 is 32.5 Å². The number of phenols is 1. The van der Waals surface area contributed by atoms with Crippen molar-refractivity contribution in [1.29, 1.82) is 0 Å². The lowest BCUT2D eigenvalue weighted by molar-refractivity contribution is -0.261. The summed E-state index contributed by atoms with van der Waals surface area (Å²) in [7, 11) is 2.95. The number of methoxy groups -OCH3 is 2. The summed E-state index contributed by atoms with van der Waals surface area (Å²) in [4.78, 5) is 13.2. The molecule has 0 aliphatic carbocycles. The third-order valence-electron chi connectivity index (χ3n) is 7.18. The molecule has 0 bridgehead atoms. The third kappa shape index (κ3) is 3.35. The first kappa shape index (κ1) is 24.3. The van der Waals surface area contributed by atoms with Crippen molar-refractivity contribution in [3.05, 3.63) is 51.9 Å². The molecule has 9 nitrogen and oxygen atoms in total. The van der Waals surface area contributed by atoms with Gasteiger partial charge in [0, 0.05) is 16.2 Å². The van der Waals surface area contributed by atoms with E-state index in [4.69, 9.17) is 18.6 Å². The molecule has 36 heavy (non-hydrogen) atoms. The molecule has 2 unspecified atom stereocenters. The Morgan fingerprint density at radius 1 is 0.944 bits per heavy atom. The van der Waals surface area contributed by atoms with Crippen molar-refractivity contribution in [3.8, 4) is 17.2 Å². The Balaban J connectivity index is 1.97. The molecule has 1 aromatic heterocycles. The van der Waals surface area contributed by atoms with Gasteiger partial charge in [0.2, 0.25) is 0 Å². The van der Waals surface area contributed by atoms with Crippen LogP contribution in [0.15, 0.2) is 39.5 Å². The highest BCUT2D eigenvalue weighted by molar-refractivity contribution is 6.19. The number of benzene rings is 3. The molecule has 1 fully saturated rings. The number of hydrogen-bond acceptors (Lipinski definition) is 9. The average Bonchev–Trinajstić information content (AvgIpc) is 2.85. The van der Waals surface area contributed by atoms with Crippen LogP contribution in [0.25, 0.3) is 32.5 Å². The van der Waals surface area contributed by atoms with Gasteiger partial charge in [0.15, 0.2) is 0 Å². The van der Waals surface area contributed by atoms with Gasteiger partial charge in [-0.3, -0.25) is 0 Å². The first-order valence-corrected chi connectivity index (χ1v) is 11.5. The van der Waals surface area contributed by atoms with Crippen LogP contribution in [0.3, 0.4) is 0 Å². The summed E-state index contributed by atoms with van der Waals surface area (Å²) < 4.78 is 23.0. The molecule has 4 aromatic rings. The van der Waals surface area contributed by atoms with Crippen molar-refractivity contribution < 1.29 is 39.1 Å². The number of aryl methyl sites for hydroxylation is 1. The van der Waals surface area contributed by atoms with Crippen LogP contribution >= 0.6 is 0 Å². The SMILES string of the molecule is COc1cc2c(oc(=O)c3cc(C)cc(OC)c32)c2c([C@@H]3OC(C)[C@H](O)[C@](C)(O)C3O)ccc(O)c12. The van der Waals surface area contributed by atoms with Crippen LogP contribution in [0.2, 0.25) is 0 Å². The maximum absolute atomic E-state index is 13.2. The molecule has 4 N–H and O–H groups in total. The molecule has 0 spiro atoms. The van der Waals surface area contributed by atoms with E-state index in [9.17, 15) is 25.2 Å². The van der Waals surface area contributed by atoms with Crippen LogP contribution in [-0.4, -0.2) is 58.6 Å². The summed E-state index contributed by atoms with van der Waals surface area (Å²) in [6, 6.07) is 8.11. The maximum atomic E-state index is 13.2. The van der Waals surface area contributed by atoms with Gasteiger partial charge in [-0.05, 0) is 56.2 Å². The fraction of sp³-hybridized carbons (Fsp3) is 0.370. The second kappa shape index (κ2) is 8.35. The summed E-state index contributed by atoms with van der Waals surface area (Å²) in [5.41, 5.74) is -1.22. The normalized spacial score (nSPS) is 26.6. The summed E-state index contributed by atoms with van der Waals surface area (Å²) in [5, 5.41) is 45.0. The number of hydrogen-bond donors (Lipinski definition) is 4. The second-order valence-corrected chi connectivity index (χ2v) is 9.54. The van der Waals surface area contributed by atoms with Crippen LogP contribution in [-0.2, 0) is 4.74 Å². The monoisotopic (exact) mass is 496 g/mol. The molecule has 1 saturated heterocycles. The van der Waals surface area contributed by atoms with E-state index in [0.717, 1.165) is 5.56 Å². The summed E-state index contributed by atoms with van der Waals surface area (Å²) in [5.74, 6) is 0.607. The smallest absolute Gasteiger partial charge is 0.344 e. The number of rotatable bonds is 3. The molecule has 1 aliphatic rings. The predicted octanol–water partition coefficient (Wildman–Crippen LogP) is 3.06. The minimum atomic E-state index is -1.89. The fourth-order valence-corrected chi connectivity index (χ4v) is 5.28.